The van der Waals surface area contributed by atoms with E-state index in [0.717, 1.165) is 55.0 Å². The summed E-state index contributed by atoms with van der Waals surface area (Å²) in [5.41, 5.74) is 3.64. The molecule has 5 heteroatoms. The van der Waals surface area contributed by atoms with Gasteiger partial charge in [0.1, 0.15) is 5.82 Å². The van der Waals surface area contributed by atoms with E-state index in [0.29, 0.717) is 5.56 Å². The first kappa shape index (κ1) is 18.7. The second-order valence-electron chi connectivity index (χ2n) is 7.62. The molecule has 5 nitrogen and oxygen atoms in total. The number of para-hydroxylation sites is 1. The summed E-state index contributed by atoms with van der Waals surface area (Å²) < 4.78 is 2.13. The highest BCUT2D eigenvalue weighted by molar-refractivity contribution is 5.97. The molecular formula is C23H28N4O. The van der Waals surface area contributed by atoms with Gasteiger partial charge in [-0.2, -0.15) is 0 Å². The van der Waals surface area contributed by atoms with Crippen molar-refractivity contribution in [2.24, 2.45) is 0 Å². The Hall–Kier alpha value is -2.66. The smallest absolute Gasteiger partial charge is 0.251 e. The van der Waals surface area contributed by atoms with E-state index in [-0.39, 0.29) is 11.9 Å². The number of carbonyl (C=O) groups excluding carboxylic acids is 1. The van der Waals surface area contributed by atoms with Crippen LogP contribution in [0.4, 0.5) is 0 Å². The second-order valence-corrected chi connectivity index (χ2v) is 7.62. The van der Waals surface area contributed by atoms with Crippen molar-refractivity contribution in [3.8, 4) is 5.69 Å². The molecule has 2 aromatic carbocycles. The van der Waals surface area contributed by atoms with Gasteiger partial charge in [0.05, 0.1) is 11.0 Å². The number of fused-ring (bicyclic) bond motifs is 1. The highest BCUT2D eigenvalue weighted by Crippen LogP contribution is 2.22. The van der Waals surface area contributed by atoms with E-state index in [1.54, 1.807) is 0 Å². The van der Waals surface area contributed by atoms with E-state index >= 15 is 0 Å². The first-order valence-corrected chi connectivity index (χ1v) is 10.2. The molecule has 4 rings (SSSR count). The van der Waals surface area contributed by atoms with E-state index < -0.39 is 0 Å². The number of aromatic nitrogens is 2. The SMILES string of the molecule is CCCN1CCC(NC(=O)c2ccc3c(c2)nc(C)n3-c2ccccc2)CC1. The molecule has 3 aromatic rings. The summed E-state index contributed by atoms with van der Waals surface area (Å²) in [7, 11) is 0. The van der Waals surface area contributed by atoms with Gasteiger partial charge in [0, 0.05) is 30.4 Å². The van der Waals surface area contributed by atoms with Crippen LogP contribution in [0.5, 0.6) is 0 Å². The van der Waals surface area contributed by atoms with Crippen LogP contribution < -0.4 is 5.32 Å². The number of piperidine rings is 1. The molecule has 1 fully saturated rings. The summed E-state index contributed by atoms with van der Waals surface area (Å²) in [5, 5.41) is 3.22. The first-order chi connectivity index (χ1) is 13.7. The molecule has 0 unspecified atom stereocenters. The lowest BCUT2D eigenvalue weighted by Gasteiger charge is -2.32. The van der Waals surface area contributed by atoms with Crippen LogP contribution in [0.2, 0.25) is 0 Å². The molecule has 0 spiro atoms. The normalized spacial score (nSPS) is 15.8. The van der Waals surface area contributed by atoms with Crippen LogP contribution in [0.3, 0.4) is 0 Å². The maximum absolute atomic E-state index is 12.8. The standard InChI is InChI=1S/C23H28N4O/c1-3-13-26-14-11-19(12-15-26)25-23(28)18-9-10-22-21(16-18)24-17(2)27(22)20-7-5-4-6-8-20/h4-10,16,19H,3,11-15H2,1-2H3,(H,25,28). The molecule has 0 aliphatic carbocycles. The minimum Gasteiger partial charge on any atom is -0.349 e. The average molecular weight is 377 g/mol. The number of aryl methyl sites for hydroxylation is 1. The van der Waals surface area contributed by atoms with E-state index in [9.17, 15) is 4.79 Å². The maximum atomic E-state index is 12.8. The third-order valence-corrected chi connectivity index (χ3v) is 5.56. The number of carbonyl (C=O) groups is 1. The minimum absolute atomic E-state index is 0.00255. The molecule has 0 atom stereocenters. The largest absolute Gasteiger partial charge is 0.349 e. The summed E-state index contributed by atoms with van der Waals surface area (Å²) in [4.78, 5) is 19.9. The highest BCUT2D eigenvalue weighted by atomic mass is 16.1. The fourth-order valence-corrected chi connectivity index (χ4v) is 4.13. The van der Waals surface area contributed by atoms with Crippen LogP contribution in [0.25, 0.3) is 16.7 Å². The molecule has 0 saturated carbocycles. The summed E-state index contributed by atoms with van der Waals surface area (Å²) in [5.74, 6) is 0.921. The minimum atomic E-state index is 0.00255. The lowest BCUT2D eigenvalue weighted by molar-refractivity contribution is 0.0911. The van der Waals surface area contributed by atoms with E-state index in [2.05, 4.69) is 38.8 Å². The van der Waals surface area contributed by atoms with Crippen molar-refractivity contribution in [1.82, 2.24) is 19.8 Å². The van der Waals surface area contributed by atoms with E-state index in [4.69, 9.17) is 0 Å². The van der Waals surface area contributed by atoms with Gasteiger partial charge >= 0.3 is 0 Å². The number of nitrogens with zero attached hydrogens (tertiary/aromatic N) is 3. The molecular weight excluding hydrogens is 348 g/mol. The zero-order valence-corrected chi connectivity index (χ0v) is 16.7. The summed E-state index contributed by atoms with van der Waals surface area (Å²) >= 11 is 0. The number of likely N-dealkylation sites (tertiary alicyclic amines) is 1. The molecule has 0 bridgehead atoms. The Bertz CT molecular complexity index is 955. The highest BCUT2D eigenvalue weighted by Gasteiger charge is 2.21. The van der Waals surface area contributed by atoms with Crippen LogP contribution in [0, 0.1) is 6.92 Å². The number of amides is 1. The van der Waals surface area contributed by atoms with Crippen molar-refractivity contribution >= 4 is 16.9 Å². The molecule has 1 amide bonds. The number of benzene rings is 2. The maximum Gasteiger partial charge on any atom is 0.251 e. The fraction of sp³-hybridized carbons (Fsp3) is 0.391. The summed E-state index contributed by atoms with van der Waals surface area (Å²) in [6.07, 6.45) is 3.23. The Balaban J connectivity index is 1.50. The summed E-state index contributed by atoms with van der Waals surface area (Å²) in [6.45, 7) is 7.50. The van der Waals surface area contributed by atoms with Crippen LogP contribution in [-0.2, 0) is 0 Å². The van der Waals surface area contributed by atoms with Gasteiger partial charge in [-0.1, -0.05) is 25.1 Å². The van der Waals surface area contributed by atoms with Crippen molar-refractivity contribution in [3.05, 3.63) is 59.9 Å². The fourth-order valence-electron chi connectivity index (χ4n) is 4.13. The average Bonchev–Trinajstić information content (AvgIpc) is 3.05. The van der Waals surface area contributed by atoms with E-state index in [1.807, 2.05) is 43.3 Å². The zero-order chi connectivity index (χ0) is 19.5. The Morgan fingerprint density at radius 1 is 1.14 bits per heavy atom. The zero-order valence-electron chi connectivity index (χ0n) is 16.7. The number of rotatable bonds is 5. The van der Waals surface area contributed by atoms with Crippen molar-refractivity contribution in [1.29, 1.82) is 0 Å². The molecule has 2 heterocycles. The van der Waals surface area contributed by atoms with Crippen LogP contribution in [0.1, 0.15) is 42.4 Å². The third-order valence-electron chi connectivity index (χ3n) is 5.56. The van der Waals surface area contributed by atoms with Crippen molar-refractivity contribution < 1.29 is 4.79 Å². The van der Waals surface area contributed by atoms with Gasteiger partial charge in [-0.25, -0.2) is 4.98 Å². The second kappa shape index (κ2) is 8.15. The van der Waals surface area contributed by atoms with Crippen LogP contribution >= 0.6 is 0 Å². The van der Waals surface area contributed by atoms with Gasteiger partial charge in [-0.05, 0) is 63.1 Å². The van der Waals surface area contributed by atoms with Crippen LogP contribution in [0.15, 0.2) is 48.5 Å². The van der Waals surface area contributed by atoms with Crippen molar-refractivity contribution in [3.63, 3.8) is 0 Å². The molecule has 1 N–H and O–H groups in total. The monoisotopic (exact) mass is 376 g/mol. The predicted octanol–water partition coefficient (Wildman–Crippen LogP) is 3.94. The summed E-state index contributed by atoms with van der Waals surface area (Å²) in [6, 6.07) is 16.3. The van der Waals surface area contributed by atoms with Crippen molar-refractivity contribution in [2.75, 3.05) is 19.6 Å². The Morgan fingerprint density at radius 2 is 1.89 bits per heavy atom. The van der Waals surface area contributed by atoms with Gasteiger partial charge in [0.2, 0.25) is 0 Å². The lowest BCUT2D eigenvalue weighted by atomic mass is 10.0. The Labute approximate surface area is 166 Å². The molecule has 146 valence electrons. The van der Waals surface area contributed by atoms with E-state index in [1.165, 1.54) is 6.42 Å². The lowest BCUT2D eigenvalue weighted by Crippen LogP contribution is -2.44. The molecule has 1 aliphatic heterocycles. The number of imidazole rings is 1. The van der Waals surface area contributed by atoms with Crippen molar-refractivity contribution in [2.45, 2.75) is 39.2 Å². The number of hydrogen-bond acceptors (Lipinski definition) is 3. The van der Waals surface area contributed by atoms with Gasteiger partial charge in [0.25, 0.3) is 5.91 Å². The Morgan fingerprint density at radius 3 is 2.61 bits per heavy atom. The van der Waals surface area contributed by atoms with Gasteiger partial charge in [-0.3, -0.25) is 9.36 Å². The van der Waals surface area contributed by atoms with Gasteiger partial charge in [-0.15, -0.1) is 0 Å². The van der Waals surface area contributed by atoms with Gasteiger partial charge < -0.3 is 10.2 Å². The Kier molecular flexibility index (Phi) is 5.44. The first-order valence-electron chi connectivity index (χ1n) is 10.2. The molecule has 1 aliphatic rings. The quantitative estimate of drug-likeness (QED) is 0.734. The molecule has 28 heavy (non-hydrogen) atoms. The predicted molar refractivity (Wildman–Crippen MR) is 113 cm³/mol. The van der Waals surface area contributed by atoms with Crippen LogP contribution in [-0.4, -0.2) is 46.0 Å². The number of hydrogen-bond donors (Lipinski definition) is 1. The number of nitrogens with one attached hydrogen (secondary N) is 1. The topological polar surface area (TPSA) is 50.2 Å². The van der Waals surface area contributed by atoms with Gasteiger partial charge in [0.15, 0.2) is 0 Å². The third kappa shape index (κ3) is 3.80. The molecule has 0 radical (unpaired) electrons. The molecule has 1 saturated heterocycles. The molecule has 1 aromatic heterocycles.